The van der Waals surface area contributed by atoms with E-state index in [1.54, 1.807) is 17.7 Å². The standard InChI is InChI=1S/C14H19N3OS/c1-9-7-19-13-12(9)16-8-17-14(13)18-11-5-3-2-4-10(11)6-15/h7-8,10-11H,2-6,15H2,1H3. The summed E-state index contributed by atoms with van der Waals surface area (Å²) in [4.78, 5) is 8.65. The van der Waals surface area contributed by atoms with Crippen molar-refractivity contribution >= 4 is 21.6 Å². The number of aromatic nitrogens is 2. The molecule has 0 spiro atoms. The van der Waals surface area contributed by atoms with Crippen LogP contribution in [0.4, 0.5) is 0 Å². The van der Waals surface area contributed by atoms with Crippen molar-refractivity contribution in [3.05, 3.63) is 17.3 Å². The Labute approximate surface area is 117 Å². The fourth-order valence-corrected chi connectivity index (χ4v) is 3.71. The SMILES string of the molecule is Cc1csc2c(OC3CCCCC3CN)ncnc12. The summed E-state index contributed by atoms with van der Waals surface area (Å²) in [6.07, 6.45) is 6.53. The number of thiophene rings is 1. The molecule has 2 heterocycles. The van der Waals surface area contributed by atoms with Gasteiger partial charge in [-0.15, -0.1) is 11.3 Å². The molecule has 1 fully saturated rings. The molecule has 2 aromatic rings. The summed E-state index contributed by atoms with van der Waals surface area (Å²) in [7, 11) is 0. The van der Waals surface area contributed by atoms with Crippen LogP contribution in [0, 0.1) is 12.8 Å². The molecule has 5 heteroatoms. The van der Waals surface area contributed by atoms with E-state index >= 15 is 0 Å². The summed E-state index contributed by atoms with van der Waals surface area (Å²) in [5, 5.41) is 2.10. The Morgan fingerprint density at radius 3 is 3.05 bits per heavy atom. The van der Waals surface area contributed by atoms with Crippen molar-refractivity contribution in [2.24, 2.45) is 11.7 Å². The normalized spacial score (nSPS) is 23.7. The molecule has 4 nitrogen and oxygen atoms in total. The molecule has 2 aromatic heterocycles. The molecule has 0 saturated heterocycles. The second-order valence-electron chi connectivity index (χ2n) is 5.21. The van der Waals surface area contributed by atoms with Crippen LogP contribution in [0.3, 0.4) is 0 Å². The first-order valence-electron chi connectivity index (χ1n) is 6.85. The Bertz CT molecular complexity index is 569. The van der Waals surface area contributed by atoms with Crippen LogP contribution in [0.15, 0.2) is 11.7 Å². The third-order valence-corrected chi connectivity index (χ3v) is 4.98. The summed E-state index contributed by atoms with van der Waals surface area (Å²) >= 11 is 1.66. The van der Waals surface area contributed by atoms with Gasteiger partial charge in [0.15, 0.2) is 0 Å². The van der Waals surface area contributed by atoms with Crippen molar-refractivity contribution in [3.63, 3.8) is 0 Å². The number of aryl methyl sites for hydroxylation is 1. The van der Waals surface area contributed by atoms with Crippen LogP contribution < -0.4 is 10.5 Å². The van der Waals surface area contributed by atoms with Crippen molar-refractivity contribution < 1.29 is 4.74 Å². The molecule has 0 aliphatic heterocycles. The second-order valence-corrected chi connectivity index (χ2v) is 6.09. The smallest absolute Gasteiger partial charge is 0.235 e. The van der Waals surface area contributed by atoms with E-state index in [0.717, 1.165) is 22.5 Å². The van der Waals surface area contributed by atoms with Gasteiger partial charge in [-0.2, -0.15) is 0 Å². The first kappa shape index (κ1) is 12.8. The summed E-state index contributed by atoms with van der Waals surface area (Å²) in [5.41, 5.74) is 8.05. The van der Waals surface area contributed by atoms with Gasteiger partial charge in [-0.05, 0) is 43.7 Å². The van der Waals surface area contributed by atoms with Crippen molar-refractivity contribution in [2.45, 2.75) is 38.7 Å². The Kier molecular flexibility index (Phi) is 3.66. The molecule has 19 heavy (non-hydrogen) atoms. The molecule has 0 aromatic carbocycles. The Morgan fingerprint density at radius 2 is 2.21 bits per heavy atom. The van der Waals surface area contributed by atoms with E-state index in [-0.39, 0.29) is 6.10 Å². The van der Waals surface area contributed by atoms with Crippen LogP contribution in [0.25, 0.3) is 10.2 Å². The van der Waals surface area contributed by atoms with Gasteiger partial charge in [0.1, 0.15) is 17.1 Å². The molecule has 0 radical (unpaired) electrons. The lowest BCUT2D eigenvalue weighted by atomic mass is 9.86. The number of rotatable bonds is 3. The Hall–Kier alpha value is -1.20. The van der Waals surface area contributed by atoms with E-state index in [1.807, 2.05) is 0 Å². The predicted octanol–water partition coefficient (Wildman–Crippen LogP) is 2.90. The molecule has 1 aliphatic rings. The molecular weight excluding hydrogens is 258 g/mol. The van der Waals surface area contributed by atoms with Gasteiger partial charge < -0.3 is 10.5 Å². The largest absolute Gasteiger partial charge is 0.473 e. The Balaban J connectivity index is 1.88. The van der Waals surface area contributed by atoms with Crippen molar-refractivity contribution in [1.82, 2.24) is 9.97 Å². The van der Waals surface area contributed by atoms with Gasteiger partial charge in [-0.25, -0.2) is 9.97 Å². The molecule has 1 saturated carbocycles. The van der Waals surface area contributed by atoms with Gasteiger partial charge in [-0.3, -0.25) is 0 Å². The average molecular weight is 277 g/mol. The third-order valence-electron chi connectivity index (χ3n) is 3.90. The molecule has 0 bridgehead atoms. The summed E-state index contributed by atoms with van der Waals surface area (Å²) in [6.45, 7) is 2.77. The fraction of sp³-hybridized carbons (Fsp3) is 0.571. The molecule has 2 unspecified atom stereocenters. The minimum Gasteiger partial charge on any atom is -0.473 e. The third kappa shape index (κ3) is 2.44. The zero-order valence-electron chi connectivity index (χ0n) is 11.1. The van der Waals surface area contributed by atoms with Crippen LogP contribution in [0.1, 0.15) is 31.2 Å². The molecule has 2 atom stereocenters. The molecule has 3 rings (SSSR count). The van der Waals surface area contributed by atoms with Crippen LogP contribution >= 0.6 is 11.3 Å². The van der Waals surface area contributed by atoms with Gasteiger partial charge in [0.05, 0.1) is 5.52 Å². The van der Waals surface area contributed by atoms with Gasteiger partial charge in [0.25, 0.3) is 0 Å². The number of ether oxygens (including phenoxy) is 1. The van der Waals surface area contributed by atoms with Crippen molar-refractivity contribution in [1.29, 1.82) is 0 Å². The predicted molar refractivity (Wildman–Crippen MR) is 77.6 cm³/mol. The molecule has 0 amide bonds. The number of nitrogens with two attached hydrogens (primary N) is 1. The van der Waals surface area contributed by atoms with E-state index in [9.17, 15) is 0 Å². The van der Waals surface area contributed by atoms with Crippen LogP contribution in [0.2, 0.25) is 0 Å². The lowest BCUT2D eigenvalue weighted by Crippen LogP contribution is -2.35. The van der Waals surface area contributed by atoms with Crippen LogP contribution in [-0.4, -0.2) is 22.6 Å². The van der Waals surface area contributed by atoms with E-state index in [2.05, 4.69) is 22.3 Å². The number of hydrogen-bond acceptors (Lipinski definition) is 5. The van der Waals surface area contributed by atoms with Gasteiger partial charge in [0, 0.05) is 5.92 Å². The van der Waals surface area contributed by atoms with Crippen LogP contribution in [-0.2, 0) is 0 Å². The highest BCUT2D eigenvalue weighted by Gasteiger charge is 2.26. The maximum absolute atomic E-state index is 6.16. The second kappa shape index (κ2) is 5.43. The first-order valence-corrected chi connectivity index (χ1v) is 7.73. The van der Waals surface area contributed by atoms with E-state index in [0.29, 0.717) is 12.5 Å². The molecule has 1 aliphatic carbocycles. The maximum atomic E-state index is 6.16. The molecular formula is C14H19N3OS. The zero-order valence-corrected chi connectivity index (χ0v) is 11.9. The lowest BCUT2D eigenvalue weighted by Gasteiger charge is -2.30. The van der Waals surface area contributed by atoms with Gasteiger partial charge in [0.2, 0.25) is 5.88 Å². The molecule has 2 N–H and O–H groups in total. The van der Waals surface area contributed by atoms with E-state index < -0.39 is 0 Å². The average Bonchev–Trinajstić information content (AvgIpc) is 2.82. The van der Waals surface area contributed by atoms with Gasteiger partial charge >= 0.3 is 0 Å². The summed E-state index contributed by atoms with van der Waals surface area (Å²) in [6, 6.07) is 0. The highest BCUT2D eigenvalue weighted by Crippen LogP contribution is 2.33. The zero-order chi connectivity index (χ0) is 13.2. The van der Waals surface area contributed by atoms with Crippen molar-refractivity contribution in [3.8, 4) is 5.88 Å². The van der Waals surface area contributed by atoms with Crippen LogP contribution in [0.5, 0.6) is 5.88 Å². The highest BCUT2D eigenvalue weighted by atomic mass is 32.1. The summed E-state index contributed by atoms with van der Waals surface area (Å²) < 4.78 is 7.22. The number of fused-ring (bicyclic) bond motifs is 1. The monoisotopic (exact) mass is 277 g/mol. The topological polar surface area (TPSA) is 61.0 Å². The highest BCUT2D eigenvalue weighted by molar-refractivity contribution is 7.17. The van der Waals surface area contributed by atoms with E-state index in [1.165, 1.54) is 24.8 Å². The number of nitrogens with zero attached hydrogens (tertiary/aromatic N) is 2. The summed E-state index contributed by atoms with van der Waals surface area (Å²) in [5.74, 6) is 1.19. The minimum atomic E-state index is 0.208. The lowest BCUT2D eigenvalue weighted by molar-refractivity contribution is 0.0941. The molecule has 102 valence electrons. The Morgan fingerprint density at radius 1 is 1.37 bits per heavy atom. The van der Waals surface area contributed by atoms with Gasteiger partial charge in [-0.1, -0.05) is 6.42 Å². The fourth-order valence-electron chi connectivity index (χ4n) is 2.77. The van der Waals surface area contributed by atoms with Crippen molar-refractivity contribution in [2.75, 3.05) is 6.54 Å². The first-order chi connectivity index (χ1) is 9.29. The number of hydrogen-bond donors (Lipinski definition) is 1. The minimum absolute atomic E-state index is 0.208. The van der Waals surface area contributed by atoms with E-state index in [4.69, 9.17) is 10.5 Å². The quantitative estimate of drug-likeness (QED) is 0.937. The maximum Gasteiger partial charge on any atom is 0.235 e.